The molecule has 2 aromatic rings. The van der Waals surface area contributed by atoms with Crippen LogP contribution in [0.2, 0.25) is 0 Å². The van der Waals surface area contributed by atoms with Gasteiger partial charge in [-0.25, -0.2) is 4.98 Å². The highest BCUT2D eigenvalue weighted by molar-refractivity contribution is 5.63. The highest BCUT2D eigenvalue weighted by atomic mass is 16.6. The molecule has 1 aromatic heterocycles. The number of hydrogen-bond donors (Lipinski definition) is 1. The van der Waals surface area contributed by atoms with Crippen molar-refractivity contribution in [3.8, 4) is 0 Å². The van der Waals surface area contributed by atoms with Crippen molar-refractivity contribution in [3.63, 3.8) is 0 Å². The number of nitrogens with two attached hydrogens (primary N) is 1. The number of rotatable bonds is 3. The molecular weight excluding hydrogens is 244 g/mol. The predicted octanol–water partition coefficient (Wildman–Crippen LogP) is 2.65. The second-order valence-corrected chi connectivity index (χ2v) is 4.26. The fourth-order valence-electron chi connectivity index (χ4n) is 1.70. The largest absolute Gasteiger partial charge is 0.383 e. The van der Waals surface area contributed by atoms with Gasteiger partial charge in [0, 0.05) is 12.7 Å². The summed E-state index contributed by atoms with van der Waals surface area (Å²) in [5.74, 6) is 0.568. The van der Waals surface area contributed by atoms with Crippen molar-refractivity contribution in [3.05, 3.63) is 52.1 Å². The van der Waals surface area contributed by atoms with E-state index in [4.69, 9.17) is 5.73 Å². The number of benzene rings is 1. The van der Waals surface area contributed by atoms with Gasteiger partial charge in [0.1, 0.15) is 11.6 Å². The highest BCUT2D eigenvalue weighted by Gasteiger charge is 2.13. The molecule has 6 nitrogen and oxygen atoms in total. The van der Waals surface area contributed by atoms with Crippen LogP contribution in [0.15, 0.2) is 36.4 Å². The maximum Gasteiger partial charge on any atom is 0.276 e. The zero-order valence-electron chi connectivity index (χ0n) is 10.7. The summed E-state index contributed by atoms with van der Waals surface area (Å²) in [5.41, 5.74) is 7.56. The molecule has 98 valence electrons. The van der Waals surface area contributed by atoms with E-state index in [1.54, 1.807) is 11.9 Å². The van der Waals surface area contributed by atoms with Crippen LogP contribution in [0, 0.1) is 17.0 Å². The summed E-state index contributed by atoms with van der Waals surface area (Å²) in [7, 11) is 1.79. The minimum Gasteiger partial charge on any atom is -0.383 e. The number of nitrogens with zero attached hydrogens (tertiary/aromatic N) is 3. The molecule has 0 saturated heterocycles. The van der Waals surface area contributed by atoms with E-state index < -0.39 is 4.92 Å². The summed E-state index contributed by atoms with van der Waals surface area (Å²) in [6, 6.07) is 10.4. The van der Waals surface area contributed by atoms with Crippen LogP contribution in [0.3, 0.4) is 0 Å². The van der Waals surface area contributed by atoms with E-state index >= 15 is 0 Å². The molecule has 2 N–H and O–H groups in total. The molecule has 0 bridgehead atoms. The van der Waals surface area contributed by atoms with Crippen LogP contribution < -0.4 is 10.6 Å². The fourth-order valence-corrected chi connectivity index (χ4v) is 1.70. The van der Waals surface area contributed by atoms with Gasteiger partial charge in [0.2, 0.25) is 0 Å². The third-order valence-corrected chi connectivity index (χ3v) is 2.79. The lowest BCUT2D eigenvalue weighted by molar-refractivity contribution is -0.384. The number of anilines is 3. The molecule has 0 radical (unpaired) electrons. The van der Waals surface area contributed by atoms with Crippen LogP contribution in [-0.4, -0.2) is 17.0 Å². The van der Waals surface area contributed by atoms with Crippen molar-refractivity contribution >= 4 is 23.0 Å². The molecule has 0 saturated carbocycles. The van der Waals surface area contributed by atoms with Gasteiger partial charge in [-0.2, -0.15) is 0 Å². The molecular formula is C13H14N4O2. The number of aromatic nitrogens is 1. The Morgan fingerprint density at radius 3 is 2.47 bits per heavy atom. The number of hydrogen-bond acceptors (Lipinski definition) is 5. The predicted molar refractivity (Wildman–Crippen MR) is 74.5 cm³/mol. The Balaban J connectivity index is 2.40. The molecule has 0 aliphatic rings. The first-order valence-corrected chi connectivity index (χ1v) is 5.70. The SMILES string of the molecule is Cc1ccc(N(C)c2cc([N+](=O)[O-])cc(N)n2)cc1. The van der Waals surface area contributed by atoms with Crippen LogP contribution in [0.5, 0.6) is 0 Å². The molecule has 19 heavy (non-hydrogen) atoms. The van der Waals surface area contributed by atoms with Gasteiger partial charge < -0.3 is 10.6 Å². The maximum absolute atomic E-state index is 10.8. The van der Waals surface area contributed by atoms with Gasteiger partial charge in [-0.15, -0.1) is 0 Å². The summed E-state index contributed by atoms with van der Waals surface area (Å²) in [6.45, 7) is 1.99. The van der Waals surface area contributed by atoms with Crippen molar-refractivity contribution in [2.75, 3.05) is 17.7 Å². The average Bonchev–Trinajstić information content (AvgIpc) is 2.38. The molecule has 6 heteroatoms. The second-order valence-electron chi connectivity index (χ2n) is 4.26. The van der Waals surface area contributed by atoms with Gasteiger partial charge in [-0.3, -0.25) is 10.1 Å². The number of nitro groups is 1. The van der Waals surface area contributed by atoms with Crippen LogP contribution in [-0.2, 0) is 0 Å². The zero-order chi connectivity index (χ0) is 14.0. The first-order chi connectivity index (χ1) is 8.97. The minimum atomic E-state index is -0.482. The van der Waals surface area contributed by atoms with Crippen molar-refractivity contribution in [1.82, 2.24) is 4.98 Å². The first-order valence-electron chi connectivity index (χ1n) is 5.70. The summed E-state index contributed by atoms with van der Waals surface area (Å²) in [5, 5.41) is 10.8. The number of nitrogen functional groups attached to an aromatic ring is 1. The van der Waals surface area contributed by atoms with Crippen LogP contribution in [0.4, 0.5) is 23.0 Å². The standard InChI is InChI=1S/C13H14N4O2/c1-9-3-5-10(6-4-9)16(2)13-8-11(17(18)19)7-12(14)15-13/h3-8H,1-2H3,(H2,14,15). The smallest absolute Gasteiger partial charge is 0.276 e. The Labute approximate surface area is 110 Å². The normalized spacial score (nSPS) is 10.2. The Hall–Kier alpha value is -2.63. The van der Waals surface area contributed by atoms with Gasteiger partial charge in [0.25, 0.3) is 5.69 Å². The second kappa shape index (κ2) is 4.93. The van der Waals surface area contributed by atoms with E-state index in [9.17, 15) is 10.1 Å². The highest BCUT2D eigenvalue weighted by Crippen LogP contribution is 2.26. The van der Waals surface area contributed by atoms with E-state index in [-0.39, 0.29) is 11.5 Å². The van der Waals surface area contributed by atoms with Crippen molar-refractivity contribution in [2.45, 2.75) is 6.92 Å². The van der Waals surface area contributed by atoms with Crippen LogP contribution in [0.1, 0.15) is 5.56 Å². The summed E-state index contributed by atoms with van der Waals surface area (Å²) < 4.78 is 0. The van der Waals surface area contributed by atoms with E-state index in [1.165, 1.54) is 12.1 Å². The number of pyridine rings is 1. The summed E-state index contributed by atoms with van der Waals surface area (Å²) >= 11 is 0. The Bertz CT molecular complexity index is 611. The summed E-state index contributed by atoms with van der Waals surface area (Å²) in [4.78, 5) is 16.2. The van der Waals surface area contributed by atoms with Crippen molar-refractivity contribution in [2.24, 2.45) is 0 Å². The molecule has 0 aliphatic heterocycles. The van der Waals surface area contributed by atoms with Gasteiger partial charge in [-0.1, -0.05) is 17.7 Å². The third-order valence-electron chi connectivity index (χ3n) is 2.79. The summed E-state index contributed by atoms with van der Waals surface area (Å²) in [6.07, 6.45) is 0. The lowest BCUT2D eigenvalue weighted by Crippen LogP contribution is -2.12. The van der Waals surface area contributed by atoms with Gasteiger partial charge >= 0.3 is 0 Å². The van der Waals surface area contributed by atoms with E-state index in [2.05, 4.69) is 4.98 Å². The minimum absolute atomic E-state index is 0.0681. The molecule has 0 amide bonds. The average molecular weight is 258 g/mol. The first kappa shape index (κ1) is 12.8. The van der Waals surface area contributed by atoms with Crippen molar-refractivity contribution in [1.29, 1.82) is 0 Å². The molecule has 1 aromatic carbocycles. The van der Waals surface area contributed by atoms with Crippen molar-refractivity contribution < 1.29 is 4.92 Å². The maximum atomic E-state index is 10.8. The molecule has 1 heterocycles. The molecule has 0 atom stereocenters. The Morgan fingerprint density at radius 2 is 1.89 bits per heavy atom. The fraction of sp³-hybridized carbons (Fsp3) is 0.154. The molecule has 0 aliphatic carbocycles. The Kier molecular flexibility index (Phi) is 3.33. The van der Waals surface area contributed by atoms with Crippen LogP contribution >= 0.6 is 0 Å². The Morgan fingerprint density at radius 1 is 1.26 bits per heavy atom. The molecule has 0 fully saturated rings. The van der Waals surface area contributed by atoms with Gasteiger partial charge in [0.05, 0.1) is 17.1 Å². The van der Waals surface area contributed by atoms with E-state index in [0.29, 0.717) is 5.82 Å². The topological polar surface area (TPSA) is 85.3 Å². The molecule has 0 unspecified atom stereocenters. The molecule has 2 rings (SSSR count). The van der Waals surface area contributed by atoms with Gasteiger partial charge in [-0.05, 0) is 19.1 Å². The quantitative estimate of drug-likeness (QED) is 0.675. The number of aryl methyl sites for hydroxylation is 1. The zero-order valence-corrected chi connectivity index (χ0v) is 10.7. The lowest BCUT2D eigenvalue weighted by Gasteiger charge is -2.18. The van der Waals surface area contributed by atoms with Gasteiger partial charge in [0.15, 0.2) is 0 Å². The van der Waals surface area contributed by atoms with Crippen LogP contribution in [0.25, 0.3) is 0 Å². The third kappa shape index (κ3) is 2.79. The van der Waals surface area contributed by atoms with E-state index in [1.807, 2.05) is 31.2 Å². The monoisotopic (exact) mass is 258 g/mol. The molecule has 0 spiro atoms. The lowest BCUT2D eigenvalue weighted by atomic mass is 10.2. The van der Waals surface area contributed by atoms with E-state index in [0.717, 1.165) is 11.3 Å².